The van der Waals surface area contributed by atoms with Crippen molar-refractivity contribution in [1.29, 1.82) is 0 Å². The van der Waals surface area contributed by atoms with E-state index in [0.29, 0.717) is 0 Å². The summed E-state index contributed by atoms with van der Waals surface area (Å²) in [7, 11) is 0. The molecule has 0 amide bonds. The fourth-order valence-corrected chi connectivity index (χ4v) is 2.70. The summed E-state index contributed by atoms with van der Waals surface area (Å²) in [5.74, 6) is 0. The van der Waals surface area contributed by atoms with Gasteiger partial charge in [0.1, 0.15) is 5.52 Å². The van der Waals surface area contributed by atoms with Crippen molar-refractivity contribution in [2.24, 2.45) is 0 Å². The molecule has 3 nitrogen and oxygen atoms in total. The molecule has 0 spiro atoms. The summed E-state index contributed by atoms with van der Waals surface area (Å²) in [6.07, 6.45) is 5.89. The van der Waals surface area contributed by atoms with Crippen molar-refractivity contribution in [3.8, 4) is 0 Å². The van der Waals surface area contributed by atoms with E-state index >= 15 is 0 Å². The second-order valence-electron chi connectivity index (χ2n) is 4.64. The van der Waals surface area contributed by atoms with Crippen LogP contribution in [0.4, 0.5) is 0 Å². The highest BCUT2D eigenvalue weighted by Gasteiger charge is 2.12. The molecule has 0 bridgehead atoms. The molecule has 17 heavy (non-hydrogen) atoms. The van der Waals surface area contributed by atoms with Gasteiger partial charge in [0.2, 0.25) is 0 Å². The van der Waals surface area contributed by atoms with Crippen LogP contribution in [-0.4, -0.2) is 27.5 Å². The molecule has 0 aliphatic carbocycles. The lowest BCUT2D eigenvalue weighted by Gasteiger charge is -2.26. The van der Waals surface area contributed by atoms with Crippen LogP contribution in [0.1, 0.15) is 19.3 Å². The summed E-state index contributed by atoms with van der Waals surface area (Å²) in [5, 5.41) is 0.736. The molecule has 3 rings (SSSR count). The molecule has 1 fully saturated rings. The Balaban J connectivity index is 1.87. The number of fused-ring (bicyclic) bond motifs is 1. The van der Waals surface area contributed by atoms with Crippen molar-refractivity contribution in [1.82, 2.24) is 14.5 Å². The molecule has 90 valence electrons. The minimum atomic E-state index is 0.736. The molecule has 0 unspecified atom stereocenters. The van der Waals surface area contributed by atoms with Crippen LogP contribution in [0.2, 0.25) is 5.02 Å². The average molecular weight is 250 g/mol. The molecule has 1 aromatic heterocycles. The van der Waals surface area contributed by atoms with Crippen molar-refractivity contribution in [3.63, 3.8) is 0 Å². The number of para-hydroxylation sites is 1. The van der Waals surface area contributed by atoms with Crippen molar-refractivity contribution in [3.05, 3.63) is 29.5 Å². The van der Waals surface area contributed by atoms with Gasteiger partial charge < -0.3 is 4.57 Å². The Morgan fingerprint density at radius 3 is 2.82 bits per heavy atom. The maximum atomic E-state index is 6.12. The van der Waals surface area contributed by atoms with E-state index in [9.17, 15) is 0 Å². The Bertz CT molecular complexity index is 514. The van der Waals surface area contributed by atoms with Crippen molar-refractivity contribution < 1.29 is 0 Å². The molecule has 1 aromatic carbocycles. The van der Waals surface area contributed by atoms with Crippen molar-refractivity contribution in [2.75, 3.05) is 13.1 Å². The molecule has 4 heteroatoms. The topological polar surface area (TPSA) is 21.1 Å². The first-order chi connectivity index (χ1) is 8.34. The highest BCUT2D eigenvalue weighted by atomic mass is 35.5. The third-order valence-corrected chi connectivity index (χ3v) is 3.71. The highest BCUT2D eigenvalue weighted by molar-refractivity contribution is 6.34. The first-order valence-corrected chi connectivity index (χ1v) is 6.54. The summed E-state index contributed by atoms with van der Waals surface area (Å²) >= 11 is 6.12. The summed E-state index contributed by atoms with van der Waals surface area (Å²) in [6.45, 7) is 3.32. The molecule has 1 aliphatic heterocycles. The van der Waals surface area contributed by atoms with Crippen LogP contribution in [0, 0.1) is 0 Å². The minimum Gasteiger partial charge on any atom is -0.317 e. The third kappa shape index (κ3) is 2.17. The zero-order chi connectivity index (χ0) is 11.7. The standard InChI is InChI=1S/C13H16ClN3/c14-11-5-4-6-12-13(11)15-9-17(12)10-16-7-2-1-3-8-16/h4-6,9H,1-3,7-8,10H2. The van der Waals surface area contributed by atoms with E-state index in [1.54, 1.807) is 0 Å². The Labute approximate surface area is 106 Å². The first-order valence-electron chi connectivity index (χ1n) is 6.16. The summed E-state index contributed by atoms with van der Waals surface area (Å²) in [5.41, 5.74) is 2.04. The third-order valence-electron chi connectivity index (χ3n) is 3.40. The average Bonchev–Trinajstić information content (AvgIpc) is 2.76. The maximum absolute atomic E-state index is 6.12. The fraction of sp³-hybridized carbons (Fsp3) is 0.462. The number of rotatable bonds is 2. The van der Waals surface area contributed by atoms with Crippen molar-refractivity contribution >= 4 is 22.6 Å². The Morgan fingerprint density at radius 1 is 1.18 bits per heavy atom. The molecular formula is C13H16ClN3. The van der Waals surface area contributed by atoms with Crippen LogP contribution in [0.25, 0.3) is 11.0 Å². The fourth-order valence-electron chi connectivity index (χ4n) is 2.48. The lowest BCUT2D eigenvalue weighted by atomic mass is 10.1. The van der Waals surface area contributed by atoms with Crippen LogP contribution < -0.4 is 0 Å². The lowest BCUT2D eigenvalue weighted by molar-refractivity contribution is 0.185. The molecule has 2 aromatic rings. The monoisotopic (exact) mass is 249 g/mol. The molecule has 1 saturated heterocycles. The smallest absolute Gasteiger partial charge is 0.107 e. The number of benzene rings is 1. The Hall–Kier alpha value is -1.06. The van der Waals surface area contributed by atoms with Crippen LogP contribution in [0.3, 0.4) is 0 Å². The van der Waals surface area contributed by atoms with Crippen LogP contribution >= 0.6 is 11.6 Å². The van der Waals surface area contributed by atoms with Crippen LogP contribution in [0.15, 0.2) is 24.5 Å². The summed E-state index contributed by atoms with van der Waals surface area (Å²) < 4.78 is 2.19. The van der Waals surface area contributed by atoms with Crippen LogP contribution in [-0.2, 0) is 6.67 Å². The molecule has 2 heterocycles. The van der Waals surface area contributed by atoms with E-state index in [1.807, 2.05) is 18.5 Å². The number of likely N-dealkylation sites (tertiary alicyclic amines) is 1. The van der Waals surface area contributed by atoms with Gasteiger partial charge in [0.15, 0.2) is 0 Å². The normalized spacial score (nSPS) is 17.7. The largest absolute Gasteiger partial charge is 0.317 e. The van der Waals surface area contributed by atoms with Crippen molar-refractivity contribution in [2.45, 2.75) is 25.9 Å². The maximum Gasteiger partial charge on any atom is 0.107 e. The van der Waals surface area contributed by atoms with Gasteiger partial charge in [0, 0.05) is 0 Å². The molecule has 0 saturated carbocycles. The minimum absolute atomic E-state index is 0.736. The zero-order valence-corrected chi connectivity index (χ0v) is 10.5. The van der Waals surface area contributed by atoms with Gasteiger partial charge in [-0.05, 0) is 38.1 Å². The van der Waals surface area contributed by atoms with E-state index in [-0.39, 0.29) is 0 Å². The van der Waals surface area contributed by atoms with Gasteiger partial charge in [-0.3, -0.25) is 4.90 Å². The Kier molecular flexibility index (Phi) is 3.04. The number of hydrogen-bond acceptors (Lipinski definition) is 2. The SMILES string of the molecule is Clc1cccc2c1ncn2CN1CCCCC1. The van der Waals surface area contributed by atoms with Gasteiger partial charge in [0.25, 0.3) is 0 Å². The molecule has 0 atom stereocenters. The molecule has 1 aliphatic rings. The molecule has 0 N–H and O–H groups in total. The zero-order valence-electron chi connectivity index (χ0n) is 9.77. The van der Waals surface area contributed by atoms with E-state index in [2.05, 4.69) is 20.5 Å². The van der Waals surface area contributed by atoms with Gasteiger partial charge in [-0.1, -0.05) is 24.1 Å². The van der Waals surface area contributed by atoms with Gasteiger partial charge in [-0.2, -0.15) is 0 Å². The van der Waals surface area contributed by atoms with Gasteiger partial charge >= 0.3 is 0 Å². The van der Waals surface area contributed by atoms with E-state index in [4.69, 9.17) is 11.6 Å². The second kappa shape index (κ2) is 4.67. The summed E-state index contributed by atoms with van der Waals surface area (Å²) in [4.78, 5) is 6.87. The number of piperidine rings is 1. The van der Waals surface area contributed by atoms with Gasteiger partial charge in [0.05, 0.1) is 23.5 Å². The number of hydrogen-bond donors (Lipinski definition) is 0. The quantitative estimate of drug-likeness (QED) is 0.815. The molecule has 0 radical (unpaired) electrons. The lowest BCUT2D eigenvalue weighted by Crippen LogP contribution is -2.31. The van der Waals surface area contributed by atoms with E-state index in [0.717, 1.165) is 22.7 Å². The molecular weight excluding hydrogens is 234 g/mol. The predicted octanol–water partition coefficient (Wildman–Crippen LogP) is 3.13. The first kappa shape index (κ1) is 11.1. The van der Waals surface area contributed by atoms with Crippen LogP contribution in [0.5, 0.6) is 0 Å². The highest BCUT2D eigenvalue weighted by Crippen LogP contribution is 2.22. The predicted molar refractivity (Wildman–Crippen MR) is 70.2 cm³/mol. The van der Waals surface area contributed by atoms with Gasteiger partial charge in [-0.15, -0.1) is 0 Å². The second-order valence-corrected chi connectivity index (χ2v) is 5.05. The Morgan fingerprint density at radius 2 is 2.00 bits per heavy atom. The number of imidazole rings is 1. The number of aromatic nitrogens is 2. The number of halogens is 1. The van der Waals surface area contributed by atoms with E-state index < -0.39 is 0 Å². The summed E-state index contributed by atoms with van der Waals surface area (Å²) in [6, 6.07) is 5.96. The van der Waals surface area contributed by atoms with E-state index in [1.165, 1.54) is 32.4 Å². The van der Waals surface area contributed by atoms with Gasteiger partial charge in [-0.25, -0.2) is 4.98 Å². The number of nitrogens with zero attached hydrogens (tertiary/aromatic N) is 3.